The molecule has 74 valence electrons. The molecule has 14 heavy (non-hydrogen) atoms. The molecule has 1 heterocycles. The summed E-state index contributed by atoms with van der Waals surface area (Å²) in [6, 6.07) is 7.22. The van der Waals surface area contributed by atoms with E-state index >= 15 is 0 Å². The molecule has 1 aromatic rings. The molecule has 0 fully saturated rings. The van der Waals surface area contributed by atoms with Crippen LogP contribution in [0.4, 0.5) is 0 Å². The van der Waals surface area contributed by atoms with Crippen molar-refractivity contribution in [2.45, 2.75) is 12.8 Å². The second-order valence-corrected chi connectivity index (χ2v) is 3.22. The van der Waals surface area contributed by atoms with Gasteiger partial charge in [-0.15, -0.1) is 0 Å². The van der Waals surface area contributed by atoms with Crippen LogP contribution in [-0.2, 0) is 4.74 Å². The number of ether oxygens (including phenoxy) is 2. The van der Waals surface area contributed by atoms with Gasteiger partial charge in [-0.25, -0.2) is 0 Å². The topological polar surface area (TPSA) is 35.5 Å². The van der Waals surface area contributed by atoms with Crippen molar-refractivity contribution >= 4 is 5.78 Å². The maximum absolute atomic E-state index is 11.6. The standard InChI is InChI=1S/C11H12O3/c12-11-5-2-6-13-8-14-10-4-1-3-9(11)7-10/h1,3-4,7H,2,5-6,8H2. The first-order valence-electron chi connectivity index (χ1n) is 4.70. The van der Waals surface area contributed by atoms with Crippen molar-refractivity contribution in [1.29, 1.82) is 0 Å². The molecule has 3 nitrogen and oxygen atoms in total. The molecular weight excluding hydrogens is 180 g/mol. The molecule has 0 aromatic heterocycles. The Morgan fingerprint density at radius 2 is 2.21 bits per heavy atom. The van der Waals surface area contributed by atoms with Gasteiger partial charge in [0.1, 0.15) is 5.75 Å². The molecule has 0 radical (unpaired) electrons. The second-order valence-electron chi connectivity index (χ2n) is 3.22. The number of benzene rings is 1. The van der Waals surface area contributed by atoms with E-state index in [1.807, 2.05) is 18.2 Å². The van der Waals surface area contributed by atoms with Gasteiger partial charge in [-0.3, -0.25) is 4.79 Å². The van der Waals surface area contributed by atoms with Crippen LogP contribution in [0.25, 0.3) is 0 Å². The maximum atomic E-state index is 11.6. The van der Waals surface area contributed by atoms with Crippen LogP contribution in [0.5, 0.6) is 5.75 Å². The third kappa shape index (κ3) is 2.12. The fourth-order valence-corrected chi connectivity index (χ4v) is 1.41. The molecule has 0 saturated heterocycles. The number of carbonyl (C=O) groups excluding carboxylic acids is 1. The van der Waals surface area contributed by atoms with Crippen molar-refractivity contribution in [1.82, 2.24) is 0 Å². The summed E-state index contributed by atoms with van der Waals surface area (Å²) < 4.78 is 10.5. The summed E-state index contributed by atoms with van der Waals surface area (Å²) in [4.78, 5) is 11.6. The quantitative estimate of drug-likeness (QED) is 0.630. The highest BCUT2D eigenvalue weighted by molar-refractivity contribution is 5.96. The molecule has 0 aliphatic carbocycles. The molecule has 0 amide bonds. The molecular formula is C11H12O3. The third-order valence-corrected chi connectivity index (χ3v) is 2.16. The normalized spacial score (nSPS) is 17.3. The molecule has 3 heteroatoms. The SMILES string of the molecule is O=C1CCCOCOc2cccc1c2. The smallest absolute Gasteiger partial charge is 0.189 e. The van der Waals surface area contributed by atoms with Crippen molar-refractivity contribution in [3.8, 4) is 5.75 Å². The van der Waals surface area contributed by atoms with E-state index in [-0.39, 0.29) is 12.6 Å². The van der Waals surface area contributed by atoms with E-state index in [1.54, 1.807) is 6.07 Å². The van der Waals surface area contributed by atoms with E-state index in [1.165, 1.54) is 0 Å². The number of rotatable bonds is 0. The minimum atomic E-state index is 0.154. The lowest BCUT2D eigenvalue weighted by molar-refractivity contribution is 0.0131. The lowest BCUT2D eigenvalue weighted by atomic mass is 10.1. The van der Waals surface area contributed by atoms with Crippen LogP contribution in [0.3, 0.4) is 0 Å². The maximum Gasteiger partial charge on any atom is 0.189 e. The number of hydrogen-bond donors (Lipinski definition) is 0. The lowest BCUT2D eigenvalue weighted by Gasteiger charge is -2.10. The predicted octanol–water partition coefficient (Wildman–Crippen LogP) is 2.02. The third-order valence-electron chi connectivity index (χ3n) is 2.16. The Morgan fingerprint density at radius 1 is 1.29 bits per heavy atom. The van der Waals surface area contributed by atoms with Crippen LogP contribution < -0.4 is 4.74 Å². The number of ketones is 1. The fourth-order valence-electron chi connectivity index (χ4n) is 1.41. The van der Waals surface area contributed by atoms with Gasteiger partial charge in [0, 0.05) is 12.0 Å². The first-order chi connectivity index (χ1) is 6.86. The molecule has 1 aliphatic heterocycles. The van der Waals surface area contributed by atoms with Crippen molar-refractivity contribution in [3.63, 3.8) is 0 Å². The molecule has 1 aliphatic rings. The summed E-state index contributed by atoms with van der Waals surface area (Å²) in [5.74, 6) is 0.846. The van der Waals surface area contributed by atoms with Crippen LogP contribution >= 0.6 is 0 Å². The molecule has 0 atom stereocenters. The first kappa shape index (κ1) is 9.21. The van der Waals surface area contributed by atoms with Crippen LogP contribution in [0.1, 0.15) is 23.2 Å². The van der Waals surface area contributed by atoms with Gasteiger partial charge >= 0.3 is 0 Å². The van der Waals surface area contributed by atoms with Crippen LogP contribution in [0, 0.1) is 0 Å². The fraction of sp³-hybridized carbons (Fsp3) is 0.364. The van der Waals surface area contributed by atoms with Crippen LogP contribution in [0.15, 0.2) is 24.3 Å². The number of fused-ring (bicyclic) bond motifs is 2. The minimum Gasteiger partial charge on any atom is -0.468 e. The Labute approximate surface area is 82.6 Å². The van der Waals surface area contributed by atoms with E-state index in [4.69, 9.17) is 9.47 Å². The van der Waals surface area contributed by atoms with Gasteiger partial charge in [-0.05, 0) is 18.6 Å². The lowest BCUT2D eigenvalue weighted by Crippen LogP contribution is -2.09. The van der Waals surface area contributed by atoms with Gasteiger partial charge in [0.05, 0.1) is 6.61 Å². The number of Topliss-reactive ketones (excluding diaryl/α,β-unsaturated/α-hetero) is 1. The summed E-state index contributed by atoms with van der Waals surface area (Å²) in [5.41, 5.74) is 0.726. The largest absolute Gasteiger partial charge is 0.468 e. The van der Waals surface area contributed by atoms with Crippen molar-refractivity contribution in [2.24, 2.45) is 0 Å². The average molecular weight is 192 g/mol. The highest BCUT2D eigenvalue weighted by atomic mass is 16.7. The highest BCUT2D eigenvalue weighted by Gasteiger charge is 2.08. The summed E-state index contributed by atoms with van der Waals surface area (Å²) in [6.07, 6.45) is 1.30. The molecule has 0 N–H and O–H groups in total. The van der Waals surface area contributed by atoms with E-state index in [0.717, 1.165) is 12.0 Å². The zero-order valence-electron chi connectivity index (χ0n) is 7.86. The summed E-state index contributed by atoms with van der Waals surface area (Å²) in [5, 5.41) is 0. The Hall–Kier alpha value is -1.35. The number of carbonyl (C=O) groups is 1. The monoisotopic (exact) mass is 192 g/mol. The molecule has 1 aromatic carbocycles. The van der Waals surface area contributed by atoms with E-state index in [9.17, 15) is 4.79 Å². The summed E-state index contributed by atoms with van der Waals surface area (Å²) >= 11 is 0. The van der Waals surface area contributed by atoms with E-state index < -0.39 is 0 Å². The van der Waals surface area contributed by atoms with Crippen molar-refractivity contribution in [3.05, 3.63) is 29.8 Å². The summed E-state index contributed by atoms with van der Waals surface area (Å²) in [6.45, 7) is 0.841. The van der Waals surface area contributed by atoms with Gasteiger partial charge in [-0.1, -0.05) is 12.1 Å². The zero-order valence-corrected chi connectivity index (χ0v) is 7.86. The van der Waals surface area contributed by atoms with Gasteiger partial charge in [0.2, 0.25) is 0 Å². The summed E-state index contributed by atoms with van der Waals surface area (Å²) in [7, 11) is 0. The van der Waals surface area contributed by atoms with E-state index in [0.29, 0.717) is 18.8 Å². The van der Waals surface area contributed by atoms with Gasteiger partial charge < -0.3 is 9.47 Å². The average Bonchev–Trinajstić information content (AvgIpc) is 2.22. The van der Waals surface area contributed by atoms with Gasteiger partial charge in [0.15, 0.2) is 12.6 Å². The highest BCUT2D eigenvalue weighted by Crippen LogP contribution is 2.16. The Bertz CT molecular complexity index is 333. The first-order valence-corrected chi connectivity index (χ1v) is 4.70. The Kier molecular flexibility index (Phi) is 2.79. The minimum absolute atomic E-state index is 0.154. The van der Waals surface area contributed by atoms with Gasteiger partial charge in [-0.2, -0.15) is 0 Å². The molecule has 2 bridgehead atoms. The second kappa shape index (κ2) is 4.24. The molecule has 0 spiro atoms. The zero-order chi connectivity index (χ0) is 9.80. The Morgan fingerprint density at radius 3 is 3.14 bits per heavy atom. The Balaban J connectivity index is 2.25. The number of hydrogen-bond acceptors (Lipinski definition) is 3. The molecule has 2 rings (SSSR count). The van der Waals surface area contributed by atoms with Crippen LogP contribution in [-0.4, -0.2) is 19.2 Å². The van der Waals surface area contributed by atoms with E-state index in [2.05, 4.69) is 0 Å². The van der Waals surface area contributed by atoms with Crippen molar-refractivity contribution < 1.29 is 14.3 Å². The van der Waals surface area contributed by atoms with Crippen molar-refractivity contribution in [2.75, 3.05) is 13.4 Å². The molecule has 0 unspecified atom stereocenters. The van der Waals surface area contributed by atoms with Gasteiger partial charge in [0.25, 0.3) is 0 Å². The van der Waals surface area contributed by atoms with Crippen LogP contribution in [0.2, 0.25) is 0 Å². The molecule has 0 saturated carbocycles. The predicted molar refractivity (Wildman–Crippen MR) is 51.5 cm³/mol.